The van der Waals surface area contributed by atoms with Crippen molar-refractivity contribution in [1.82, 2.24) is 5.43 Å². The van der Waals surface area contributed by atoms with Crippen LogP contribution in [0.2, 0.25) is 0 Å². The second-order valence-electron chi connectivity index (χ2n) is 7.48. The number of nitrogens with one attached hydrogen (secondary N) is 1. The number of carbonyl (C=O) groups is 1. The van der Waals surface area contributed by atoms with E-state index in [1.807, 2.05) is 18.2 Å². The molecule has 1 aliphatic heterocycles. The molecule has 6 nitrogen and oxygen atoms in total. The zero-order valence-corrected chi connectivity index (χ0v) is 20.7. The third kappa shape index (κ3) is 4.95. The molecule has 0 aliphatic carbocycles. The number of ether oxygens (including phenoxy) is 2. The lowest BCUT2D eigenvalue weighted by Crippen LogP contribution is -2.42. The van der Waals surface area contributed by atoms with Gasteiger partial charge in [-0.2, -0.15) is 5.10 Å². The maximum Gasteiger partial charge on any atom is 0.284 e. The van der Waals surface area contributed by atoms with Gasteiger partial charge in [0.05, 0.1) is 15.2 Å². The van der Waals surface area contributed by atoms with E-state index < -0.39 is 12.0 Å². The lowest BCUT2D eigenvalue weighted by molar-refractivity contribution is -0.130. The van der Waals surface area contributed by atoms with Crippen molar-refractivity contribution in [2.75, 3.05) is 6.61 Å². The minimum Gasteiger partial charge on any atom is -0.506 e. The number of fused-ring (bicyclic) bond motifs is 1. The van der Waals surface area contributed by atoms with E-state index in [-0.39, 0.29) is 17.8 Å². The molecule has 3 rings (SSSR count). The van der Waals surface area contributed by atoms with Crippen LogP contribution in [0.15, 0.2) is 42.8 Å². The van der Waals surface area contributed by atoms with Crippen molar-refractivity contribution in [3.05, 3.63) is 48.8 Å². The van der Waals surface area contributed by atoms with Gasteiger partial charge in [-0.1, -0.05) is 42.8 Å². The van der Waals surface area contributed by atoms with Crippen LogP contribution in [-0.2, 0) is 10.2 Å². The minimum absolute atomic E-state index is 0.0382. The number of rotatable bonds is 3. The molecule has 1 atom stereocenters. The Hall–Kier alpha value is -1.58. The average molecular weight is 591 g/mol. The largest absolute Gasteiger partial charge is 0.506 e. The number of nitrogens with zero attached hydrogens (tertiary/aromatic N) is 1. The maximum absolute atomic E-state index is 12.5. The Bertz CT molecular complexity index is 987. The van der Waals surface area contributed by atoms with E-state index in [1.165, 1.54) is 6.21 Å². The first-order valence-corrected chi connectivity index (χ1v) is 11.1. The molecular formula is C20H19Br3N2O4. The topological polar surface area (TPSA) is 80.2 Å². The molecular weight excluding hydrogens is 572 g/mol. The van der Waals surface area contributed by atoms with Crippen molar-refractivity contribution in [1.29, 1.82) is 0 Å². The summed E-state index contributed by atoms with van der Waals surface area (Å²) in [6.07, 6.45) is 0.605. The van der Waals surface area contributed by atoms with Crippen LogP contribution in [0.25, 0.3) is 0 Å². The molecule has 0 fully saturated rings. The number of hydrogen-bond donors (Lipinski definition) is 2. The van der Waals surface area contributed by atoms with E-state index in [4.69, 9.17) is 9.47 Å². The summed E-state index contributed by atoms with van der Waals surface area (Å²) in [7, 11) is 0. The summed E-state index contributed by atoms with van der Waals surface area (Å²) >= 11 is 9.95. The third-order valence-electron chi connectivity index (χ3n) is 4.31. The van der Waals surface area contributed by atoms with Crippen LogP contribution in [0, 0.1) is 0 Å². The summed E-state index contributed by atoms with van der Waals surface area (Å²) in [5.41, 5.74) is 4.07. The summed E-state index contributed by atoms with van der Waals surface area (Å²) in [5, 5.41) is 14.0. The summed E-state index contributed by atoms with van der Waals surface area (Å²) in [6.45, 7) is 6.41. The zero-order chi connectivity index (χ0) is 21.3. The molecule has 0 aromatic heterocycles. The Morgan fingerprint density at radius 1 is 1.21 bits per heavy atom. The molecule has 0 bridgehead atoms. The fourth-order valence-electron chi connectivity index (χ4n) is 2.61. The van der Waals surface area contributed by atoms with Crippen LogP contribution in [-0.4, -0.2) is 29.9 Å². The Morgan fingerprint density at radius 3 is 2.62 bits per heavy atom. The number of halogens is 3. The highest BCUT2D eigenvalue weighted by molar-refractivity contribution is 9.11. The molecule has 154 valence electrons. The first-order chi connectivity index (χ1) is 13.6. The van der Waals surface area contributed by atoms with Crippen molar-refractivity contribution >= 4 is 59.9 Å². The molecule has 29 heavy (non-hydrogen) atoms. The summed E-state index contributed by atoms with van der Waals surface area (Å²) < 4.78 is 13.2. The van der Waals surface area contributed by atoms with E-state index in [0.717, 1.165) is 5.56 Å². The first-order valence-electron chi connectivity index (χ1n) is 8.71. The molecule has 1 unspecified atom stereocenters. The highest BCUT2D eigenvalue weighted by atomic mass is 79.9. The number of phenolic OH excluding ortho intramolecular Hbond substituents is 1. The molecule has 0 spiro atoms. The third-order valence-corrected chi connectivity index (χ3v) is 6.37. The van der Waals surface area contributed by atoms with E-state index in [1.54, 1.807) is 6.07 Å². The normalized spacial score (nSPS) is 16.1. The van der Waals surface area contributed by atoms with Crippen LogP contribution in [0.1, 0.15) is 31.9 Å². The molecule has 1 aliphatic rings. The highest BCUT2D eigenvalue weighted by Gasteiger charge is 2.28. The SMILES string of the molecule is CC(C)(C)c1ccc2c(c1)OC(C(=O)N/N=C\c1c(Br)cc(Br)c(O)c1Br)CO2. The second-order valence-corrected chi connectivity index (χ2v) is 9.98. The number of hydrogen-bond acceptors (Lipinski definition) is 5. The minimum atomic E-state index is -0.819. The second kappa shape index (κ2) is 8.65. The van der Waals surface area contributed by atoms with Crippen molar-refractivity contribution in [3.63, 3.8) is 0 Å². The smallest absolute Gasteiger partial charge is 0.284 e. The molecule has 0 saturated heterocycles. The molecule has 1 amide bonds. The van der Waals surface area contributed by atoms with Crippen LogP contribution in [0.3, 0.4) is 0 Å². The van der Waals surface area contributed by atoms with E-state index in [9.17, 15) is 9.90 Å². The van der Waals surface area contributed by atoms with Crippen molar-refractivity contribution in [2.45, 2.75) is 32.3 Å². The van der Waals surface area contributed by atoms with Gasteiger partial charge in [-0.25, -0.2) is 5.43 Å². The number of phenols is 1. The van der Waals surface area contributed by atoms with Gasteiger partial charge in [0, 0.05) is 10.0 Å². The van der Waals surface area contributed by atoms with Gasteiger partial charge < -0.3 is 14.6 Å². The predicted octanol–water partition coefficient (Wildman–Crippen LogP) is 5.27. The zero-order valence-electron chi connectivity index (χ0n) is 15.9. The number of benzene rings is 2. The molecule has 0 saturated carbocycles. The monoisotopic (exact) mass is 588 g/mol. The number of hydrazone groups is 1. The Labute approximate surface area is 194 Å². The van der Waals surface area contributed by atoms with Gasteiger partial charge in [-0.3, -0.25) is 4.79 Å². The van der Waals surface area contributed by atoms with Gasteiger partial charge in [0.15, 0.2) is 11.5 Å². The standard InChI is InChI=1S/C20H19Br3N2O4/c1-20(2,3)10-4-5-14-15(6-10)29-16(9-28-14)19(27)25-24-8-11-12(21)7-13(22)18(26)17(11)23/h4-8,16,26H,9H2,1-3H3,(H,25,27)/b24-8-. The van der Waals surface area contributed by atoms with Gasteiger partial charge in [0.25, 0.3) is 5.91 Å². The average Bonchev–Trinajstić information content (AvgIpc) is 2.67. The Morgan fingerprint density at radius 2 is 1.93 bits per heavy atom. The lowest BCUT2D eigenvalue weighted by Gasteiger charge is -2.27. The Kier molecular flexibility index (Phi) is 6.60. The van der Waals surface area contributed by atoms with Crippen molar-refractivity contribution in [3.8, 4) is 17.2 Å². The summed E-state index contributed by atoms with van der Waals surface area (Å²) in [5.74, 6) is 0.762. The maximum atomic E-state index is 12.5. The molecule has 2 N–H and O–H groups in total. The predicted molar refractivity (Wildman–Crippen MR) is 122 cm³/mol. The number of carbonyl (C=O) groups excluding carboxylic acids is 1. The van der Waals surface area contributed by atoms with E-state index in [0.29, 0.717) is 30.5 Å². The fraction of sp³-hybridized carbons (Fsp3) is 0.300. The van der Waals surface area contributed by atoms with Gasteiger partial charge in [0.1, 0.15) is 12.4 Å². The molecule has 0 radical (unpaired) electrons. The number of amides is 1. The van der Waals surface area contributed by atoms with Crippen LogP contribution in [0.5, 0.6) is 17.2 Å². The van der Waals surface area contributed by atoms with Crippen molar-refractivity contribution < 1.29 is 19.4 Å². The lowest BCUT2D eigenvalue weighted by atomic mass is 9.87. The molecule has 2 aromatic carbocycles. The van der Waals surface area contributed by atoms with Gasteiger partial charge in [0.2, 0.25) is 6.10 Å². The van der Waals surface area contributed by atoms with Crippen LogP contribution >= 0.6 is 47.8 Å². The quantitative estimate of drug-likeness (QED) is 0.377. The Balaban J connectivity index is 1.70. The summed E-state index contributed by atoms with van der Waals surface area (Å²) in [6, 6.07) is 7.44. The van der Waals surface area contributed by atoms with Crippen LogP contribution < -0.4 is 14.9 Å². The number of aromatic hydroxyl groups is 1. The molecule has 2 aromatic rings. The van der Waals surface area contributed by atoms with Crippen molar-refractivity contribution in [2.24, 2.45) is 5.10 Å². The molecule has 1 heterocycles. The summed E-state index contributed by atoms with van der Waals surface area (Å²) in [4.78, 5) is 12.5. The van der Waals surface area contributed by atoms with Gasteiger partial charge in [-0.05, 0) is 61.0 Å². The van der Waals surface area contributed by atoms with Gasteiger partial charge >= 0.3 is 0 Å². The first kappa shape index (κ1) is 22.1. The van der Waals surface area contributed by atoms with Gasteiger partial charge in [-0.15, -0.1) is 0 Å². The van der Waals surface area contributed by atoms with E-state index in [2.05, 4.69) is 79.1 Å². The highest BCUT2D eigenvalue weighted by Crippen LogP contribution is 2.39. The molecule has 9 heteroatoms. The van der Waals surface area contributed by atoms with E-state index >= 15 is 0 Å². The van der Waals surface area contributed by atoms with Crippen LogP contribution in [0.4, 0.5) is 0 Å². The fourth-order valence-corrected chi connectivity index (χ4v) is 4.94.